The summed E-state index contributed by atoms with van der Waals surface area (Å²) in [6, 6.07) is 8.86. The van der Waals surface area contributed by atoms with Gasteiger partial charge in [-0.05, 0) is 19.9 Å². The zero-order valence-corrected chi connectivity index (χ0v) is 11.2. The van der Waals surface area contributed by atoms with Crippen LogP contribution in [0.25, 0.3) is 10.8 Å². The molecule has 0 fully saturated rings. The number of nitriles is 1. The number of nitrogens with zero attached hydrogens (tertiary/aromatic N) is 2. The summed E-state index contributed by atoms with van der Waals surface area (Å²) in [5.74, 6) is -0.416. The smallest absolute Gasteiger partial charge is 0.272 e. The van der Waals surface area contributed by atoms with Gasteiger partial charge in [-0.1, -0.05) is 18.2 Å². The van der Waals surface area contributed by atoms with Gasteiger partial charge in [-0.3, -0.25) is 9.59 Å². The Morgan fingerprint density at radius 3 is 2.70 bits per heavy atom. The second-order valence-electron chi connectivity index (χ2n) is 5.13. The van der Waals surface area contributed by atoms with Crippen LogP contribution < -0.4 is 10.9 Å². The fourth-order valence-corrected chi connectivity index (χ4v) is 1.71. The number of amides is 1. The number of fused-ring (bicyclic) bond motifs is 1. The molecule has 1 heterocycles. The topological polar surface area (TPSA) is 98.6 Å². The van der Waals surface area contributed by atoms with Crippen LogP contribution in [-0.4, -0.2) is 22.6 Å². The summed E-state index contributed by atoms with van der Waals surface area (Å²) in [5.41, 5.74) is -0.850. The number of H-pyrrole nitrogens is 1. The third kappa shape index (κ3) is 2.67. The molecule has 1 aromatic heterocycles. The van der Waals surface area contributed by atoms with Gasteiger partial charge in [0.25, 0.3) is 11.5 Å². The third-order valence-corrected chi connectivity index (χ3v) is 2.90. The van der Waals surface area contributed by atoms with Gasteiger partial charge in [0.1, 0.15) is 0 Å². The van der Waals surface area contributed by atoms with Crippen LogP contribution in [0.4, 0.5) is 0 Å². The minimum atomic E-state index is -0.659. The molecule has 0 saturated carbocycles. The second kappa shape index (κ2) is 5.13. The van der Waals surface area contributed by atoms with Crippen LogP contribution in [0, 0.1) is 16.7 Å². The highest BCUT2D eigenvalue weighted by Gasteiger charge is 2.20. The highest BCUT2D eigenvalue weighted by Crippen LogP contribution is 2.14. The first-order valence-corrected chi connectivity index (χ1v) is 6.11. The van der Waals surface area contributed by atoms with Crippen LogP contribution >= 0.6 is 0 Å². The molecule has 1 aromatic carbocycles. The molecule has 2 N–H and O–H groups in total. The summed E-state index contributed by atoms with van der Waals surface area (Å²) in [6.45, 7) is 3.66. The Kier molecular flexibility index (Phi) is 3.53. The Morgan fingerprint density at radius 1 is 1.40 bits per heavy atom. The van der Waals surface area contributed by atoms with Gasteiger partial charge in [-0.25, -0.2) is 5.10 Å². The molecule has 6 heteroatoms. The molecule has 0 aliphatic rings. The number of hydrogen-bond acceptors (Lipinski definition) is 4. The van der Waals surface area contributed by atoms with Crippen molar-refractivity contribution in [3.05, 3.63) is 40.3 Å². The third-order valence-electron chi connectivity index (χ3n) is 2.90. The predicted molar refractivity (Wildman–Crippen MR) is 74.1 cm³/mol. The molecule has 6 nitrogen and oxygen atoms in total. The molecule has 0 aliphatic heterocycles. The minimum absolute atomic E-state index is 0.147. The van der Waals surface area contributed by atoms with Crippen LogP contribution in [0.5, 0.6) is 0 Å². The molecular weight excluding hydrogens is 256 g/mol. The summed E-state index contributed by atoms with van der Waals surface area (Å²) in [6.07, 6.45) is 0. The number of carbonyl (C=O) groups is 1. The Morgan fingerprint density at radius 2 is 2.05 bits per heavy atom. The van der Waals surface area contributed by atoms with E-state index in [2.05, 4.69) is 21.6 Å². The molecule has 2 aromatic rings. The molecule has 20 heavy (non-hydrogen) atoms. The van der Waals surface area contributed by atoms with Crippen molar-refractivity contribution in [1.82, 2.24) is 15.5 Å². The van der Waals surface area contributed by atoms with Crippen LogP contribution in [-0.2, 0) is 0 Å². The van der Waals surface area contributed by atoms with E-state index in [0.717, 1.165) is 0 Å². The van der Waals surface area contributed by atoms with Crippen molar-refractivity contribution >= 4 is 16.7 Å². The molecule has 1 amide bonds. The van der Waals surface area contributed by atoms with Gasteiger partial charge in [0.05, 0.1) is 16.9 Å². The summed E-state index contributed by atoms with van der Waals surface area (Å²) < 4.78 is 0. The van der Waals surface area contributed by atoms with E-state index in [-0.39, 0.29) is 17.8 Å². The largest absolute Gasteiger partial charge is 0.349 e. The molecular formula is C14H14N4O2. The molecule has 0 aliphatic carbocycles. The predicted octanol–water partition coefficient (Wildman–Crippen LogP) is 1.20. The maximum Gasteiger partial charge on any atom is 0.272 e. The van der Waals surface area contributed by atoms with Gasteiger partial charge in [0.15, 0.2) is 5.69 Å². The first-order chi connectivity index (χ1) is 9.44. The van der Waals surface area contributed by atoms with Gasteiger partial charge in [-0.2, -0.15) is 10.4 Å². The molecule has 2 rings (SSSR count). The van der Waals surface area contributed by atoms with E-state index >= 15 is 0 Å². The number of carbonyl (C=O) groups excluding carboxylic acids is 1. The fraction of sp³-hybridized carbons (Fsp3) is 0.286. The molecule has 0 saturated heterocycles. The normalized spacial score (nSPS) is 11.1. The Labute approximate surface area is 115 Å². The van der Waals surface area contributed by atoms with E-state index in [4.69, 9.17) is 5.26 Å². The molecule has 0 radical (unpaired) electrons. The number of nitrogens with one attached hydrogen (secondary N) is 2. The van der Waals surface area contributed by atoms with Crippen LogP contribution in [0.1, 0.15) is 24.3 Å². The number of aromatic amines is 1. The van der Waals surface area contributed by atoms with Crippen molar-refractivity contribution < 1.29 is 4.79 Å². The van der Waals surface area contributed by atoms with E-state index < -0.39 is 11.3 Å². The van der Waals surface area contributed by atoms with Crippen LogP contribution in [0.3, 0.4) is 0 Å². The Bertz CT molecular complexity index is 756. The second-order valence-corrected chi connectivity index (χ2v) is 5.13. The van der Waals surface area contributed by atoms with Crippen LogP contribution in [0.15, 0.2) is 29.1 Å². The number of aromatic nitrogens is 2. The van der Waals surface area contributed by atoms with Crippen molar-refractivity contribution in [2.24, 2.45) is 5.41 Å². The zero-order chi connectivity index (χ0) is 14.8. The van der Waals surface area contributed by atoms with E-state index in [0.29, 0.717) is 10.8 Å². The van der Waals surface area contributed by atoms with Crippen molar-refractivity contribution in [3.63, 3.8) is 0 Å². The number of rotatable bonds is 3. The number of benzene rings is 1. The average Bonchev–Trinajstić information content (AvgIpc) is 2.46. The first kappa shape index (κ1) is 13.7. The average molecular weight is 270 g/mol. The van der Waals surface area contributed by atoms with Gasteiger partial charge in [-0.15, -0.1) is 0 Å². The number of hydrogen-bond donors (Lipinski definition) is 2. The monoisotopic (exact) mass is 270 g/mol. The molecule has 0 spiro atoms. The fourth-order valence-electron chi connectivity index (χ4n) is 1.71. The lowest BCUT2D eigenvalue weighted by atomic mass is 9.96. The quantitative estimate of drug-likeness (QED) is 0.875. The zero-order valence-electron chi connectivity index (χ0n) is 11.2. The van der Waals surface area contributed by atoms with E-state index in [1.54, 1.807) is 38.1 Å². The van der Waals surface area contributed by atoms with Gasteiger partial charge >= 0.3 is 0 Å². The molecule has 0 unspecified atom stereocenters. The summed E-state index contributed by atoms with van der Waals surface area (Å²) in [5, 5.41) is 18.6. The summed E-state index contributed by atoms with van der Waals surface area (Å²) >= 11 is 0. The van der Waals surface area contributed by atoms with Crippen LogP contribution in [0.2, 0.25) is 0 Å². The minimum Gasteiger partial charge on any atom is -0.349 e. The van der Waals surface area contributed by atoms with Crippen molar-refractivity contribution in [1.29, 1.82) is 5.26 Å². The summed E-state index contributed by atoms with van der Waals surface area (Å²) in [7, 11) is 0. The SMILES string of the molecule is CC(C)(C#N)CNC(=O)c1n[nH]c(=O)c2ccccc12. The molecule has 0 bridgehead atoms. The van der Waals surface area contributed by atoms with Crippen molar-refractivity contribution in [2.45, 2.75) is 13.8 Å². The highest BCUT2D eigenvalue weighted by atomic mass is 16.2. The Balaban J connectivity index is 2.35. The molecule has 0 atom stereocenters. The first-order valence-electron chi connectivity index (χ1n) is 6.11. The van der Waals surface area contributed by atoms with Gasteiger partial charge < -0.3 is 5.32 Å². The lowest BCUT2D eigenvalue weighted by Crippen LogP contribution is -2.34. The summed E-state index contributed by atoms with van der Waals surface area (Å²) in [4.78, 5) is 23.8. The lowest BCUT2D eigenvalue weighted by molar-refractivity contribution is 0.0939. The van der Waals surface area contributed by atoms with Gasteiger partial charge in [0.2, 0.25) is 0 Å². The van der Waals surface area contributed by atoms with E-state index in [1.165, 1.54) is 0 Å². The van der Waals surface area contributed by atoms with Gasteiger partial charge in [0, 0.05) is 11.9 Å². The van der Waals surface area contributed by atoms with Crippen molar-refractivity contribution in [2.75, 3.05) is 6.54 Å². The van der Waals surface area contributed by atoms with Crippen molar-refractivity contribution in [3.8, 4) is 6.07 Å². The maximum atomic E-state index is 12.1. The standard InChI is InChI=1S/C14H14N4O2/c1-14(2,7-15)8-16-13(20)11-9-5-3-4-6-10(9)12(19)18-17-11/h3-6H,8H2,1-2H3,(H,16,20)(H,18,19). The van der Waals surface area contributed by atoms with E-state index in [9.17, 15) is 9.59 Å². The molecule has 102 valence electrons. The Hall–Kier alpha value is -2.68. The highest BCUT2D eigenvalue weighted by molar-refractivity contribution is 6.04. The lowest BCUT2D eigenvalue weighted by Gasteiger charge is -2.15. The van der Waals surface area contributed by atoms with E-state index in [1.807, 2.05) is 0 Å². The maximum absolute atomic E-state index is 12.1.